The van der Waals surface area contributed by atoms with E-state index in [1.54, 1.807) is 0 Å². The molecule has 0 aliphatic heterocycles. The van der Waals surface area contributed by atoms with Gasteiger partial charge in [-0.05, 0) is 24.0 Å². The van der Waals surface area contributed by atoms with Gasteiger partial charge in [-0.1, -0.05) is 60.7 Å². The van der Waals surface area contributed by atoms with Crippen molar-refractivity contribution in [3.05, 3.63) is 71.8 Å². The van der Waals surface area contributed by atoms with E-state index < -0.39 is 17.4 Å². The second-order valence-corrected chi connectivity index (χ2v) is 5.60. The van der Waals surface area contributed by atoms with Crippen LogP contribution < -0.4 is 0 Å². The Morgan fingerprint density at radius 1 is 0.696 bits per heavy atom. The number of hydrogen-bond donors (Lipinski definition) is 2. The van der Waals surface area contributed by atoms with E-state index in [2.05, 4.69) is 0 Å². The summed E-state index contributed by atoms with van der Waals surface area (Å²) in [7, 11) is 0. The second kappa shape index (κ2) is 7.58. The SMILES string of the molecule is O=C(O)CCC(CCC(=O)O)(c1ccccc1)c1ccccc1. The highest BCUT2D eigenvalue weighted by molar-refractivity contribution is 5.68. The molecule has 0 heterocycles. The summed E-state index contributed by atoms with van der Waals surface area (Å²) >= 11 is 0. The van der Waals surface area contributed by atoms with E-state index in [4.69, 9.17) is 10.2 Å². The lowest BCUT2D eigenvalue weighted by Crippen LogP contribution is -2.29. The zero-order valence-electron chi connectivity index (χ0n) is 12.8. The predicted octanol–water partition coefficient (Wildman–Crippen LogP) is 3.70. The van der Waals surface area contributed by atoms with Gasteiger partial charge in [0.05, 0.1) is 0 Å². The number of carboxylic acid groups (broad SMARTS) is 2. The van der Waals surface area contributed by atoms with E-state index in [9.17, 15) is 9.59 Å². The zero-order valence-corrected chi connectivity index (χ0v) is 12.8. The number of hydrogen-bond acceptors (Lipinski definition) is 2. The fourth-order valence-electron chi connectivity index (χ4n) is 3.02. The summed E-state index contributed by atoms with van der Waals surface area (Å²) in [4.78, 5) is 22.3. The van der Waals surface area contributed by atoms with E-state index in [1.807, 2.05) is 60.7 Å². The van der Waals surface area contributed by atoms with Crippen LogP contribution in [0, 0.1) is 0 Å². The van der Waals surface area contributed by atoms with Crippen molar-refractivity contribution in [1.29, 1.82) is 0 Å². The topological polar surface area (TPSA) is 74.6 Å². The van der Waals surface area contributed by atoms with Crippen molar-refractivity contribution in [3.8, 4) is 0 Å². The van der Waals surface area contributed by atoms with Gasteiger partial charge in [-0.25, -0.2) is 0 Å². The van der Waals surface area contributed by atoms with Crippen LogP contribution in [-0.2, 0) is 15.0 Å². The average Bonchev–Trinajstić information content (AvgIpc) is 2.56. The highest BCUT2D eigenvalue weighted by Gasteiger charge is 2.34. The third-order valence-electron chi connectivity index (χ3n) is 4.18. The van der Waals surface area contributed by atoms with Crippen molar-refractivity contribution in [1.82, 2.24) is 0 Å². The summed E-state index contributed by atoms with van der Waals surface area (Å²) in [6.45, 7) is 0. The van der Waals surface area contributed by atoms with Crippen LogP contribution in [0.2, 0.25) is 0 Å². The lowest BCUT2D eigenvalue weighted by Gasteiger charge is -2.35. The van der Waals surface area contributed by atoms with Crippen LogP contribution in [0.3, 0.4) is 0 Å². The Morgan fingerprint density at radius 3 is 1.35 bits per heavy atom. The summed E-state index contributed by atoms with van der Waals surface area (Å²) < 4.78 is 0. The molecule has 0 fully saturated rings. The molecule has 0 spiro atoms. The molecule has 0 aliphatic rings. The molecule has 0 unspecified atom stereocenters. The van der Waals surface area contributed by atoms with E-state index in [0.717, 1.165) is 11.1 Å². The quantitative estimate of drug-likeness (QED) is 0.779. The first-order valence-corrected chi connectivity index (χ1v) is 7.59. The largest absolute Gasteiger partial charge is 0.481 e. The first-order chi connectivity index (χ1) is 11.0. The van der Waals surface area contributed by atoms with E-state index in [-0.39, 0.29) is 12.8 Å². The number of carbonyl (C=O) groups is 2. The van der Waals surface area contributed by atoms with Gasteiger partial charge in [-0.2, -0.15) is 0 Å². The van der Waals surface area contributed by atoms with Crippen LogP contribution in [0.15, 0.2) is 60.7 Å². The first kappa shape index (κ1) is 16.7. The molecule has 4 heteroatoms. The standard InChI is InChI=1S/C19H20O4/c20-17(21)11-13-19(14-12-18(22)23,15-7-3-1-4-8-15)16-9-5-2-6-10-16/h1-10H,11-14H2,(H,20,21)(H,22,23). The fourth-order valence-corrected chi connectivity index (χ4v) is 3.02. The van der Waals surface area contributed by atoms with Crippen molar-refractivity contribution < 1.29 is 19.8 Å². The van der Waals surface area contributed by atoms with Crippen molar-refractivity contribution in [2.45, 2.75) is 31.1 Å². The third-order valence-corrected chi connectivity index (χ3v) is 4.18. The lowest BCUT2D eigenvalue weighted by molar-refractivity contribution is -0.137. The molecule has 2 rings (SSSR count). The molecule has 0 amide bonds. The summed E-state index contributed by atoms with van der Waals surface area (Å²) in [6, 6.07) is 19.1. The monoisotopic (exact) mass is 312 g/mol. The molecule has 2 aromatic rings. The highest BCUT2D eigenvalue weighted by atomic mass is 16.4. The minimum Gasteiger partial charge on any atom is -0.481 e. The molecule has 0 atom stereocenters. The molecule has 0 aliphatic carbocycles. The smallest absolute Gasteiger partial charge is 0.303 e. The number of aliphatic carboxylic acids is 2. The molecule has 0 aromatic heterocycles. The molecule has 2 aromatic carbocycles. The van der Waals surface area contributed by atoms with Gasteiger partial charge >= 0.3 is 11.9 Å². The Kier molecular flexibility index (Phi) is 5.52. The van der Waals surface area contributed by atoms with Crippen molar-refractivity contribution in [2.24, 2.45) is 0 Å². The third kappa shape index (κ3) is 4.19. The van der Waals surface area contributed by atoms with Gasteiger partial charge in [0.1, 0.15) is 0 Å². The maximum atomic E-state index is 11.1. The maximum absolute atomic E-state index is 11.1. The molecule has 0 saturated carbocycles. The summed E-state index contributed by atoms with van der Waals surface area (Å²) in [5.41, 5.74) is 1.29. The average molecular weight is 312 g/mol. The Hall–Kier alpha value is -2.62. The van der Waals surface area contributed by atoms with Crippen LogP contribution >= 0.6 is 0 Å². The Balaban J connectivity index is 2.52. The van der Waals surface area contributed by atoms with Crippen molar-refractivity contribution in [3.63, 3.8) is 0 Å². The first-order valence-electron chi connectivity index (χ1n) is 7.59. The lowest BCUT2D eigenvalue weighted by atomic mass is 9.68. The van der Waals surface area contributed by atoms with E-state index in [0.29, 0.717) is 12.8 Å². The molecular formula is C19H20O4. The van der Waals surface area contributed by atoms with Gasteiger partial charge in [-0.3, -0.25) is 9.59 Å². The minimum absolute atomic E-state index is 0.0105. The molecule has 23 heavy (non-hydrogen) atoms. The van der Waals surface area contributed by atoms with Crippen LogP contribution in [0.1, 0.15) is 36.8 Å². The van der Waals surface area contributed by atoms with Crippen LogP contribution in [0.5, 0.6) is 0 Å². The van der Waals surface area contributed by atoms with Gasteiger partial charge in [-0.15, -0.1) is 0 Å². The van der Waals surface area contributed by atoms with Crippen molar-refractivity contribution >= 4 is 11.9 Å². The molecule has 0 bridgehead atoms. The molecule has 120 valence electrons. The van der Waals surface area contributed by atoms with Gasteiger partial charge in [0.15, 0.2) is 0 Å². The van der Waals surface area contributed by atoms with Crippen molar-refractivity contribution in [2.75, 3.05) is 0 Å². The predicted molar refractivity (Wildman–Crippen MR) is 87.4 cm³/mol. The van der Waals surface area contributed by atoms with Gasteiger partial charge in [0, 0.05) is 18.3 Å². The van der Waals surface area contributed by atoms with Gasteiger partial charge < -0.3 is 10.2 Å². The summed E-state index contributed by atoms with van der Waals surface area (Å²) in [5, 5.41) is 18.3. The zero-order chi connectivity index (χ0) is 16.7. The normalized spacial score (nSPS) is 11.1. The molecule has 0 saturated heterocycles. The van der Waals surface area contributed by atoms with E-state index >= 15 is 0 Å². The maximum Gasteiger partial charge on any atom is 0.303 e. The second-order valence-electron chi connectivity index (χ2n) is 5.60. The number of carboxylic acids is 2. The number of rotatable bonds is 8. The Morgan fingerprint density at radius 2 is 1.04 bits per heavy atom. The minimum atomic E-state index is -0.878. The Labute approximate surface area is 135 Å². The van der Waals surface area contributed by atoms with Gasteiger partial charge in [0.2, 0.25) is 0 Å². The van der Waals surface area contributed by atoms with Gasteiger partial charge in [0.25, 0.3) is 0 Å². The number of benzene rings is 2. The van der Waals surface area contributed by atoms with Crippen LogP contribution in [-0.4, -0.2) is 22.2 Å². The van der Waals surface area contributed by atoms with E-state index in [1.165, 1.54) is 0 Å². The van der Waals surface area contributed by atoms with Crippen LogP contribution in [0.25, 0.3) is 0 Å². The van der Waals surface area contributed by atoms with Crippen LogP contribution in [0.4, 0.5) is 0 Å². The highest BCUT2D eigenvalue weighted by Crippen LogP contribution is 2.41. The molecule has 0 radical (unpaired) electrons. The Bertz CT molecular complexity index is 590. The summed E-state index contributed by atoms with van der Waals surface area (Å²) in [6.07, 6.45) is 0.708. The molecule has 2 N–H and O–H groups in total. The summed E-state index contributed by atoms with van der Waals surface area (Å²) in [5.74, 6) is -1.76. The molecule has 4 nitrogen and oxygen atoms in total. The fraction of sp³-hybridized carbons (Fsp3) is 0.263. The molecular weight excluding hydrogens is 292 g/mol.